The van der Waals surface area contributed by atoms with Crippen LogP contribution in [0.25, 0.3) is 0 Å². The van der Waals surface area contributed by atoms with Crippen molar-refractivity contribution in [2.45, 2.75) is 26.0 Å². The van der Waals surface area contributed by atoms with Crippen LogP contribution in [-0.4, -0.2) is 19.3 Å². The lowest BCUT2D eigenvalue weighted by Gasteiger charge is -2.28. The van der Waals surface area contributed by atoms with E-state index >= 15 is 0 Å². The number of thiophene rings is 1. The molecule has 0 aliphatic carbocycles. The standard InChI is InChI=1S/C10H15NOS/c1-7-3-4-13-10(7)9-6-12-8(2)5-11-9/h3-4,8-9,11H,5-6H2,1-2H3. The Kier molecular flexibility index (Phi) is 2.67. The number of morpholine rings is 1. The minimum absolute atomic E-state index is 0.358. The SMILES string of the molecule is Cc1ccsc1C1COC(C)CN1. The molecule has 0 spiro atoms. The Labute approximate surface area is 82.9 Å². The average Bonchev–Trinajstić information content (AvgIpc) is 2.53. The molecule has 0 amide bonds. The van der Waals surface area contributed by atoms with Crippen LogP contribution in [0.1, 0.15) is 23.4 Å². The van der Waals surface area contributed by atoms with Gasteiger partial charge in [0.25, 0.3) is 0 Å². The van der Waals surface area contributed by atoms with Crippen molar-refractivity contribution in [1.82, 2.24) is 5.32 Å². The summed E-state index contributed by atoms with van der Waals surface area (Å²) in [5.41, 5.74) is 1.38. The highest BCUT2D eigenvalue weighted by atomic mass is 32.1. The Morgan fingerprint density at radius 3 is 3.00 bits per heavy atom. The second kappa shape index (κ2) is 3.78. The molecule has 2 rings (SSSR count). The van der Waals surface area contributed by atoms with Crippen molar-refractivity contribution < 1.29 is 4.74 Å². The summed E-state index contributed by atoms with van der Waals surface area (Å²) in [6.07, 6.45) is 0.358. The summed E-state index contributed by atoms with van der Waals surface area (Å²) in [5, 5.41) is 5.64. The van der Waals surface area contributed by atoms with E-state index in [1.54, 1.807) is 0 Å². The summed E-state index contributed by atoms with van der Waals surface area (Å²) < 4.78 is 5.61. The monoisotopic (exact) mass is 197 g/mol. The second-order valence-electron chi connectivity index (χ2n) is 3.57. The molecule has 1 fully saturated rings. The Morgan fingerprint density at radius 1 is 1.62 bits per heavy atom. The molecule has 1 aliphatic heterocycles. The topological polar surface area (TPSA) is 21.3 Å². The molecule has 2 atom stereocenters. The fourth-order valence-electron chi connectivity index (χ4n) is 1.60. The van der Waals surface area contributed by atoms with Gasteiger partial charge in [-0.1, -0.05) is 0 Å². The van der Waals surface area contributed by atoms with Gasteiger partial charge < -0.3 is 10.1 Å². The molecule has 1 aromatic rings. The third kappa shape index (κ3) is 1.93. The molecule has 2 heterocycles. The summed E-state index contributed by atoms with van der Waals surface area (Å²) in [6, 6.07) is 2.58. The van der Waals surface area contributed by atoms with E-state index in [0.29, 0.717) is 12.1 Å². The smallest absolute Gasteiger partial charge is 0.0673 e. The van der Waals surface area contributed by atoms with E-state index in [-0.39, 0.29) is 0 Å². The van der Waals surface area contributed by atoms with Crippen molar-refractivity contribution in [2.24, 2.45) is 0 Å². The predicted molar refractivity (Wildman–Crippen MR) is 55.2 cm³/mol. The maximum Gasteiger partial charge on any atom is 0.0673 e. The zero-order chi connectivity index (χ0) is 9.26. The van der Waals surface area contributed by atoms with Gasteiger partial charge in [0.2, 0.25) is 0 Å². The molecule has 0 radical (unpaired) electrons. The molecule has 0 bridgehead atoms. The normalized spacial score (nSPS) is 29.1. The minimum atomic E-state index is 0.358. The molecule has 1 aliphatic rings. The number of ether oxygens (including phenoxy) is 1. The number of aryl methyl sites for hydroxylation is 1. The first-order chi connectivity index (χ1) is 6.27. The summed E-state index contributed by atoms with van der Waals surface area (Å²) in [6.45, 7) is 6.03. The Hall–Kier alpha value is -0.380. The third-order valence-electron chi connectivity index (χ3n) is 2.42. The fourth-order valence-corrected chi connectivity index (χ4v) is 2.58. The van der Waals surface area contributed by atoms with Crippen molar-refractivity contribution in [1.29, 1.82) is 0 Å². The minimum Gasteiger partial charge on any atom is -0.375 e. The van der Waals surface area contributed by atoms with Crippen molar-refractivity contribution in [3.05, 3.63) is 21.9 Å². The molecule has 2 unspecified atom stereocenters. The highest BCUT2D eigenvalue weighted by molar-refractivity contribution is 7.10. The molecule has 0 aromatic carbocycles. The maximum atomic E-state index is 5.61. The predicted octanol–water partition coefficient (Wildman–Crippen LogP) is 2.11. The van der Waals surface area contributed by atoms with Crippen LogP contribution in [0, 0.1) is 6.92 Å². The van der Waals surface area contributed by atoms with Crippen molar-refractivity contribution in [3.8, 4) is 0 Å². The lowest BCUT2D eigenvalue weighted by atomic mass is 10.1. The van der Waals surface area contributed by atoms with Gasteiger partial charge in [0.15, 0.2) is 0 Å². The van der Waals surface area contributed by atoms with E-state index in [9.17, 15) is 0 Å². The van der Waals surface area contributed by atoms with Crippen LogP contribution in [0.3, 0.4) is 0 Å². The van der Waals surface area contributed by atoms with E-state index in [4.69, 9.17) is 4.74 Å². The van der Waals surface area contributed by atoms with Crippen molar-refractivity contribution in [3.63, 3.8) is 0 Å². The van der Waals surface area contributed by atoms with Crippen LogP contribution in [0.15, 0.2) is 11.4 Å². The number of hydrogen-bond acceptors (Lipinski definition) is 3. The number of rotatable bonds is 1. The quantitative estimate of drug-likeness (QED) is 0.744. The molecule has 0 saturated carbocycles. The molecule has 3 heteroatoms. The van der Waals surface area contributed by atoms with Crippen LogP contribution in [-0.2, 0) is 4.74 Å². The van der Waals surface area contributed by atoms with Gasteiger partial charge in [-0.25, -0.2) is 0 Å². The van der Waals surface area contributed by atoms with Gasteiger partial charge in [0, 0.05) is 11.4 Å². The highest BCUT2D eigenvalue weighted by Gasteiger charge is 2.21. The number of hydrogen-bond donors (Lipinski definition) is 1. The van der Waals surface area contributed by atoms with Gasteiger partial charge in [-0.3, -0.25) is 0 Å². The van der Waals surface area contributed by atoms with Gasteiger partial charge in [-0.15, -0.1) is 11.3 Å². The summed E-state index contributed by atoms with van der Waals surface area (Å²) in [7, 11) is 0. The van der Waals surface area contributed by atoms with E-state index in [1.807, 2.05) is 11.3 Å². The van der Waals surface area contributed by atoms with Gasteiger partial charge in [-0.05, 0) is 30.9 Å². The fraction of sp³-hybridized carbons (Fsp3) is 0.600. The van der Waals surface area contributed by atoms with Crippen LogP contribution < -0.4 is 5.32 Å². The van der Waals surface area contributed by atoms with Gasteiger partial charge in [-0.2, -0.15) is 0 Å². The molecule has 1 aromatic heterocycles. The molecule has 1 N–H and O–H groups in total. The summed E-state index contributed by atoms with van der Waals surface area (Å²) in [5.74, 6) is 0. The second-order valence-corrected chi connectivity index (χ2v) is 4.52. The molecule has 1 saturated heterocycles. The van der Waals surface area contributed by atoms with Gasteiger partial charge in [0.05, 0.1) is 18.8 Å². The first-order valence-electron chi connectivity index (χ1n) is 4.66. The van der Waals surface area contributed by atoms with Crippen LogP contribution in [0.4, 0.5) is 0 Å². The Morgan fingerprint density at radius 2 is 2.46 bits per heavy atom. The van der Waals surface area contributed by atoms with E-state index in [2.05, 4.69) is 30.6 Å². The third-order valence-corrected chi connectivity index (χ3v) is 3.55. The molecule has 2 nitrogen and oxygen atoms in total. The lowest BCUT2D eigenvalue weighted by molar-refractivity contribution is 0.0156. The van der Waals surface area contributed by atoms with E-state index in [0.717, 1.165) is 13.2 Å². The van der Waals surface area contributed by atoms with Crippen LogP contribution in [0.2, 0.25) is 0 Å². The largest absolute Gasteiger partial charge is 0.375 e. The average molecular weight is 197 g/mol. The summed E-state index contributed by atoms with van der Waals surface area (Å²) in [4.78, 5) is 1.42. The first-order valence-corrected chi connectivity index (χ1v) is 5.54. The van der Waals surface area contributed by atoms with Crippen molar-refractivity contribution >= 4 is 11.3 Å². The molecular weight excluding hydrogens is 182 g/mol. The zero-order valence-corrected chi connectivity index (χ0v) is 8.86. The Balaban J connectivity index is 2.06. The molecule has 72 valence electrons. The highest BCUT2D eigenvalue weighted by Crippen LogP contribution is 2.25. The van der Waals surface area contributed by atoms with Crippen molar-refractivity contribution in [2.75, 3.05) is 13.2 Å². The van der Waals surface area contributed by atoms with Gasteiger partial charge in [0.1, 0.15) is 0 Å². The van der Waals surface area contributed by atoms with Crippen LogP contribution >= 0.6 is 11.3 Å². The van der Waals surface area contributed by atoms with E-state index < -0.39 is 0 Å². The van der Waals surface area contributed by atoms with Crippen LogP contribution in [0.5, 0.6) is 0 Å². The lowest BCUT2D eigenvalue weighted by Crippen LogP contribution is -2.39. The first kappa shape index (κ1) is 9.19. The molecular formula is C10H15NOS. The number of nitrogens with one attached hydrogen (secondary N) is 1. The summed E-state index contributed by atoms with van der Waals surface area (Å²) >= 11 is 1.81. The van der Waals surface area contributed by atoms with Gasteiger partial charge >= 0.3 is 0 Å². The Bertz CT molecular complexity index is 276. The zero-order valence-electron chi connectivity index (χ0n) is 8.04. The van der Waals surface area contributed by atoms with E-state index in [1.165, 1.54) is 10.4 Å². The maximum absolute atomic E-state index is 5.61. The molecule has 13 heavy (non-hydrogen) atoms.